The molecule has 0 radical (unpaired) electrons. The molecule has 1 aromatic heterocycles. The van der Waals surface area contributed by atoms with Crippen molar-refractivity contribution in [3.8, 4) is 0 Å². The number of rotatable bonds is 5. The molecule has 1 unspecified atom stereocenters. The molecule has 0 bridgehead atoms. The van der Waals surface area contributed by atoms with Crippen LogP contribution >= 0.6 is 0 Å². The molecular formula is C20H24N4O3. The monoisotopic (exact) mass is 368 g/mol. The van der Waals surface area contributed by atoms with Gasteiger partial charge in [0.15, 0.2) is 0 Å². The number of aliphatic hydroxyl groups is 1. The number of aromatic nitrogens is 2. The fraction of sp³-hybridized carbons (Fsp3) is 0.450. The minimum absolute atomic E-state index is 0.0351. The Hall–Kier alpha value is -2.67. The van der Waals surface area contributed by atoms with Crippen LogP contribution in [-0.4, -0.2) is 38.8 Å². The number of aryl methyl sites for hydroxylation is 1. The van der Waals surface area contributed by atoms with E-state index in [1.165, 1.54) is 0 Å². The van der Waals surface area contributed by atoms with Crippen LogP contribution in [0, 0.1) is 5.92 Å². The van der Waals surface area contributed by atoms with Gasteiger partial charge in [-0.1, -0.05) is 12.1 Å². The van der Waals surface area contributed by atoms with E-state index >= 15 is 0 Å². The summed E-state index contributed by atoms with van der Waals surface area (Å²) >= 11 is 0. The van der Waals surface area contributed by atoms with Crippen LogP contribution in [0.3, 0.4) is 0 Å². The van der Waals surface area contributed by atoms with Crippen LogP contribution in [0.15, 0.2) is 36.7 Å². The van der Waals surface area contributed by atoms with Crippen LogP contribution in [0.4, 0.5) is 5.69 Å². The molecule has 1 aliphatic heterocycles. The van der Waals surface area contributed by atoms with Crippen LogP contribution in [0.25, 0.3) is 0 Å². The molecule has 0 spiro atoms. The number of amides is 2. The number of carbonyl (C=O) groups is 2. The molecule has 2 aromatic rings. The number of benzene rings is 1. The summed E-state index contributed by atoms with van der Waals surface area (Å²) in [5.74, 6) is 0.254. The quantitative estimate of drug-likeness (QED) is 0.740. The highest BCUT2D eigenvalue weighted by atomic mass is 16.3. The van der Waals surface area contributed by atoms with Crippen LogP contribution in [0.2, 0.25) is 0 Å². The number of aliphatic hydroxyl groups excluding tert-OH is 1. The SMILES string of the molecule is O=C1CCc2cc(CC(=O)N[C@@H]3CC(Cn4cccn4)C[C@H]3O)ccc2N1. The third-order valence-corrected chi connectivity index (χ3v) is 5.41. The van der Waals surface area contributed by atoms with Gasteiger partial charge in [-0.15, -0.1) is 0 Å². The van der Waals surface area contributed by atoms with Crippen LogP contribution < -0.4 is 10.6 Å². The Balaban J connectivity index is 1.32. The van der Waals surface area contributed by atoms with Crippen LogP contribution in [-0.2, 0) is 29.0 Å². The lowest BCUT2D eigenvalue weighted by atomic mass is 9.99. The Morgan fingerprint density at radius 1 is 1.33 bits per heavy atom. The van der Waals surface area contributed by atoms with Crippen molar-refractivity contribution in [3.05, 3.63) is 47.8 Å². The number of carbonyl (C=O) groups excluding carboxylic acids is 2. The maximum atomic E-state index is 12.4. The van der Waals surface area contributed by atoms with Crippen LogP contribution in [0.1, 0.15) is 30.4 Å². The molecule has 1 aromatic carbocycles. The van der Waals surface area contributed by atoms with Crippen molar-refractivity contribution in [2.45, 2.75) is 50.8 Å². The first-order valence-electron chi connectivity index (χ1n) is 9.43. The average molecular weight is 368 g/mol. The number of hydrogen-bond donors (Lipinski definition) is 3. The van der Waals surface area contributed by atoms with E-state index in [4.69, 9.17) is 0 Å². The molecule has 27 heavy (non-hydrogen) atoms. The molecule has 1 fully saturated rings. The van der Waals surface area contributed by atoms with Crippen molar-refractivity contribution in [3.63, 3.8) is 0 Å². The van der Waals surface area contributed by atoms with Gasteiger partial charge in [0.05, 0.1) is 18.6 Å². The third-order valence-electron chi connectivity index (χ3n) is 5.41. The minimum Gasteiger partial charge on any atom is -0.391 e. The Bertz CT molecular complexity index is 834. The second-order valence-corrected chi connectivity index (χ2v) is 7.52. The van der Waals surface area contributed by atoms with Crippen molar-refractivity contribution < 1.29 is 14.7 Å². The maximum absolute atomic E-state index is 12.4. The highest BCUT2D eigenvalue weighted by molar-refractivity contribution is 5.94. The van der Waals surface area contributed by atoms with E-state index in [1.54, 1.807) is 6.20 Å². The molecule has 7 heteroatoms. The molecule has 2 heterocycles. The maximum Gasteiger partial charge on any atom is 0.224 e. The summed E-state index contributed by atoms with van der Waals surface area (Å²) < 4.78 is 1.87. The van der Waals surface area contributed by atoms with Crippen molar-refractivity contribution in [2.24, 2.45) is 5.92 Å². The van der Waals surface area contributed by atoms with Gasteiger partial charge in [-0.25, -0.2) is 0 Å². The third kappa shape index (κ3) is 4.19. The van der Waals surface area contributed by atoms with Gasteiger partial charge in [0, 0.05) is 31.0 Å². The van der Waals surface area contributed by atoms with Crippen molar-refractivity contribution >= 4 is 17.5 Å². The number of anilines is 1. The zero-order valence-corrected chi connectivity index (χ0v) is 15.1. The fourth-order valence-corrected chi connectivity index (χ4v) is 4.09. The van der Waals surface area contributed by atoms with Gasteiger partial charge in [-0.2, -0.15) is 5.10 Å². The number of nitrogens with zero attached hydrogens (tertiary/aromatic N) is 2. The van der Waals surface area contributed by atoms with Crippen molar-refractivity contribution in [1.82, 2.24) is 15.1 Å². The molecule has 3 atom stereocenters. The molecule has 2 amide bonds. The Kier molecular flexibility index (Phi) is 4.94. The van der Waals surface area contributed by atoms with E-state index in [9.17, 15) is 14.7 Å². The summed E-state index contributed by atoms with van der Waals surface area (Å²) in [6.07, 6.45) is 6.02. The first-order chi connectivity index (χ1) is 13.1. The molecule has 3 N–H and O–H groups in total. The normalized spacial score (nSPS) is 24.3. The largest absolute Gasteiger partial charge is 0.391 e. The van der Waals surface area contributed by atoms with E-state index in [1.807, 2.05) is 35.1 Å². The summed E-state index contributed by atoms with van der Waals surface area (Å²) in [6, 6.07) is 7.39. The lowest BCUT2D eigenvalue weighted by Gasteiger charge is -2.19. The lowest BCUT2D eigenvalue weighted by Crippen LogP contribution is -2.40. The number of nitrogens with one attached hydrogen (secondary N) is 2. The average Bonchev–Trinajstić information content (AvgIpc) is 3.25. The molecule has 1 saturated carbocycles. The van der Waals surface area contributed by atoms with E-state index in [0.29, 0.717) is 25.2 Å². The predicted octanol–water partition coefficient (Wildman–Crippen LogP) is 1.27. The Labute approximate surface area is 157 Å². The van der Waals surface area contributed by atoms with Gasteiger partial charge in [0.1, 0.15) is 0 Å². The van der Waals surface area contributed by atoms with Crippen LogP contribution in [0.5, 0.6) is 0 Å². The van der Waals surface area contributed by atoms with E-state index < -0.39 is 6.10 Å². The van der Waals surface area contributed by atoms with Crippen molar-refractivity contribution in [2.75, 3.05) is 5.32 Å². The topological polar surface area (TPSA) is 96.2 Å². The standard InChI is InChI=1S/C20H24N4O3/c25-18-10-14(12-24-7-1-6-21-24)9-17(18)23-20(27)11-13-2-4-16-15(8-13)3-5-19(26)22-16/h1-2,4,6-8,14,17-18,25H,3,5,9-12H2,(H,22,26)(H,23,27)/t14?,17-,18-/m1/s1. The van der Waals surface area contributed by atoms with Gasteiger partial charge >= 0.3 is 0 Å². The molecular weight excluding hydrogens is 344 g/mol. The summed E-state index contributed by atoms with van der Waals surface area (Å²) in [7, 11) is 0. The summed E-state index contributed by atoms with van der Waals surface area (Å²) in [4.78, 5) is 23.9. The molecule has 142 valence electrons. The highest BCUT2D eigenvalue weighted by Crippen LogP contribution is 2.28. The molecule has 7 nitrogen and oxygen atoms in total. The first-order valence-corrected chi connectivity index (χ1v) is 9.43. The smallest absolute Gasteiger partial charge is 0.224 e. The predicted molar refractivity (Wildman–Crippen MR) is 100.0 cm³/mol. The number of hydrogen-bond acceptors (Lipinski definition) is 4. The molecule has 0 saturated heterocycles. The molecule has 1 aliphatic carbocycles. The summed E-state index contributed by atoms with van der Waals surface area (Å²) in [6.45, 7) is 0.757. The Morgan fingerprint density at radius 3 is 3.04 bits per heavy atom. The first kappa shape index (κ1) is 17.7. The second-order valence-electron chi connectivity index (χ2n) is 7.52. The van der Waals surface area contributed by atoms with Gasteiger partial charge in [-0.3, -0.25) is 14.3 Å². The molecule has 4 rings (SSSR count). The van der Waals surface area contributed by atoms with Gasteiger partial charge in [0.25, 0.3) is 0 Å². The van der Waals surface area contributed by atoms with Gasteiger partial charge in [0.2, 0.25) is 11.8 Å². The van der Waals surface area contributed by atoms with Gasteiger partial charge < -0.3 is 15.7 Å². The Morgan fingerprint density at radius 2 is 2.22 bits per heavy atom. The second kappa shape index (κ2) is 7.52. The highest BCUT2D eigenvalue weighted by Gasteiger charge is 2.34. The van der Waals surface area contributed by atoms with Gasteiger partial charge in [-0.05, 0) is 48.4 Å². The van der Waals surface area contributed by atoms with E-state index in [-0.39, 0.29) is 24.3 Å². The zero-order valence-electron chi connectivity index (χ0n) is 15.1. The summed E-state index contributed by atoms with van der Waals surface area (Å²) in [5, 5.41) is 20.3. The zero-order chi connectivity index (χ0) is 18.8. The minimum atomic E-state index is -0.520. The van der Waals surface area contributed by atoms with E-state index in [2.05, 4.69) is 15.7 Å². The van der Waals surface area contributed by atoms with Crippen molar-refractivity contribution in [1.29, 1.82) is 0 Å². The fourth-order valence-electron chi connectivity index (χ4n) is 4.09. The number of fused-ring (bicyclic) bond motifs is 1. The van der Waals surface area contributed by atoms with E-state index in [0.717, 1.165) is 29.8 Å². The lowest BCUT2D eigenvalue weighted by molar-refractivity contribution is -0.121. The summed E-state index contributed by atoms with van der Waals surface area (Å²) in [5.41, 5.74) is 2.83. The molecule has 2 aliphatic rings.